The van der Waals surface area contributed by atoms with Gasteiger partial charge in [0.15, 0.2) is 5.65 Å². The second kappa shape index (κ2) is 10.4. The van der Waals surface area contributed by atoms with Crippen LogP contribution in [0.5, 0.6) is 5.88 Å². The second-order valence-corrected chi connectivity index (χ2v) is 11.2. The van der Waals surface area contributed by atoms with E-state index in [1.165, 1.54) is 9.42 Å². The van der Waals surface area contributed by atoms with Gasteiger partial charge in [-0.1, -0.05) is 52.2 Å². The smallest absolute Gasteiger partial charge is 0.416 e. The molecule has 204 valence electrons. The van der Waals surface area contributed by atoms with Crippen LogP contribution in [0.25, 0.3) is 10.5 Å². The summed E-state index contributed by atoms with van der Waals surface area (Å²) in [7, 11) is 0. The van der Waals surface area contributed by atoms with E-state index in [9.17, 15) is 9.59 Å². The highest BCUT2D eigenvalue weighted by molar-refractivity contribution is 6.05. The monoisotopic (exact) mass is 521 g/mol. The quantitative estimate of drug-likeness (QED) is 0.185. The molecule has 0 bridgehead atoms. The van der Waals surface area contributed by atoms with Crippen molar-refractivity contribution in [1.29, 1.82) is 0 Å². The zero-order chi connectivity index (χ0) is 28.5. The second-order valence-electron chi connectivity index (χ2n) is 11.2. The van der Waals surface area contributed by atoms with E-state index < -0.39 is 23.6 Å². The summed E-state index contributed by atoms with van der Waals surface area (Å²) < 4.78 is 13.3. The van der Waals surface area contributed by atoms with Gasteiger partial charge in [0.05, 0.1) is 12.5 Å². The van der Waals surface area contributed by atoms with E-state index in [4.69, 9.17) is 22.5 Å². The number of H-pyrrole nitrogens is 1. The maximum atomic E-state index is 13.9. The Kier molecular flexibility index (Phi) is 7.83. The first-order valence-corrected chi connectivity index (χ1v) is 12.7. The van der Waals surface area contributed by atoms with Crippen LogP contribution in [0, 0.1) is 29.7 Å². The Bertz CT molecular complexity index is 1330. The number of hydrogen-bond donors (Lipinski definition) is 1. The molecule has 9 nitrogen and oxygen atoms in total. The van der Waals surface area contributed by atoms with Gasteiger partial charge in [0.25, 0.3) is 5.69 Å². The molecule has 0 aromatic carbocycles. The van der Waals surface area contributed by atoms with Crippen molar-refractivity contribution in [2.24, 2.45) is 10.8 Å². The number of nitrogens with zero attached hydrogens (tertiary/aromatic N) is 4. The summed E-state index contributed by atoms with van der Waals surface area (Å²) in [5, 5.41) is 2.99. The molecule has 1 amide bonds. The van der Waals surface area contributed by atoms with E-state index in [2.05, 4.69) is 61.7 Å². The van der Waals surface area contributed by atoms with Gasteiger partial charge < -0.3 is 14.4 Å². The van der Waals surface area contributed by atoms with E-state index in [-0.39, 0.29) is 48.1 Å². The fourth-order valence-electron chi connectivity index (χ4n) is 5.21. The van der Waals surface area contributed by atoms with Crippen molar-refractivity contribution in [2.75, 3.05) is 13.1 Å². The Hall–Kier alpha value is -3.98. The molecule has 1 aliphatic rings. The minimum absolute atomic E-state index is 0. The number of carbonyl (C=O) groups excluding carboxylic acids is 2. The van der Waals surface area contributed by atoms with Gasteiger partial charge in [-0.25, -0.2) is 23.9 Å². The minimum Gasteiger partial charge on any atom is -0.455 e. The van der Waals surface area contributed by atoms with Crippen LogP contribution in [-0.2, 0) is 4.74 Å². The predicted molar refractivity (Wildman–Crippen MR) is 148 cm³/mol. The van der Waals surface area contributed by atoms with E-state index in [0.717, 1.165) is 19.3 Å². The highest BCUT2D eigenvalue weighted by Crippen LogP contribution is 2.56. The van der Waals surface area contributed by atoms with Gasteiger partial charge in [-0.2, -0.15) is 0 Å². The molecule has 3 rings (SSSR count). The number of amides is 1. The van der Waals surface area contributed by atoms with Crippen LogP contribution in [0.2, 0.25) is 0 Å². The largest absolute Gasteiger partial charge is 0.455 e. The summed E-state index contributed by atoms with van der Waals surface area (Å²) in [6.45, 7) is 27.7. The van der Waals surface area contributed by atoms with Crippen molar-refractivity contribution < 1.29 is 20.5 Å². The number of esters is 1. The zero-order valence-electron chi connectivity index (χ0n) is 23.2. The number of terminal acetylenes is 1. The summed E-state index contributed by atoms with van der Waals surface area (Å²) in [6, 6.07) is 0. The SMILES string of the molecule is [C-]#[N+]c1c(C(=O)OC2(C)C(C)(C)CCCC2(C)C)c2nc(C(C)C#C)[nH]n2c1OC(=O)N(CC=C)CC=C.[HH]. The molecule has 38 heavy (non-hydrogen) atoms. The standard InChI is InChI=1S/C29H37N5O4.H2/c1-11-17-33(18-12-2)26(36)37-24-21(30-10)20(23-31-22(19(4)13-3)32-34(23)24)25(35)38-29(9)27(5,6)15-14-16-28(29,7)8;/h3,11-12,19H,1-2,14-18H2,4-9H3,(H,31,32);1H. The van der Waals surface area contributed by atoms with Crippen LogP contribution in [0.15, 0.2) is 25.3 Å². The predicted octanol–water partition coefficient (Wildman–Crippen LogP) is 6.52. The highest BCUT2D eigenvalue weighted by Gasteiger charge is 2.57. The fraction of sp³-hybridized carbons (Fsp3) is 0.517. The number of ether oxygens (including phenoxy) is 2. The van der Waals surface area contributed by atoms with Gasteiger partial charge in [0.1, 0.15) is 17.0 Å². The Morgan fingerprint density at radius 3 is 2.34 bits per heavy atom. The first kappa shape index (κ1) is 28.6. The molecule has 1 saturated carbocycles. The van der Waals surface area contributed by atoms with Crippen LogP contribution in [0.4, 0.5) is 10.5 Å². The van der Waals surface area contributed by atoms with Gasteiger partial charge in [0.2, 0.25) is 5.88 Å². The van der Waals surface area contributed by atoms with Gasteiger partial charge >= 0.3 is 12.1 Å². The molecule has 0 aliphatic heterocycles. The lowest BCUT2D eigenvalue weighted by Gasteiger charge is -2.56. The van der Waals surface area contributed by atoms with Gasteiger partial charge in [0, 0.05) is 25.3 Å². The van der Waals surface area contributed by atoms with Crippen molar-refractivity contribution in [3.8, 4) is 18.2 Å². The molecule has 0 saturated heterocycles. The lowest BCUT2D eigenvalue weighted by atomic mass is 9.54. The molecule has 0 spiro atoms. The van der Waals surface area contributed by atoms with Gasteiger partial charge in [-0.15, -0.1) is 19.6 Å². The minimum atomic E-state index is -0.838. The number of hydrogen-bond acceptors (Lipinski definition) is 5. The van der Waals surface area contributed by atoms with Gasteiger partial charge in [-0.05, 0) is 26.7 Å². The summed E-state index contributed by atoms with van der Waals surface area (Å²) in [4.78, 5) is 36.4. The Morgan fingerprint density at radius 1 is 1.26 bits per heavy atom. The number of carbonyl (C=O) groups is 2. The van der Waals surface area contributed by atoms with Crippen LogP contribution in [-0.4, -0.2) is 50.3 Å². The summed E-state index contributed by atoms with van der Waals surface area (Å²) in [6.07, 6.45) is 10.8. The lowest BCUT2D eigenvalue weighted by molar-refractivity contribution is -0.167. The molecule has 9 heteroatoms. The molecular weight excluding hydrogens is 482 g/mol. The lowest BCUT2D eigenvalue weighted by Crippen LogP contribution is -2.58. The normalized spacial score (nSPS) is 18.0. The number of aromatic amines is 1. The molecule has 1 unspecified atom stereocenters. The molecular formula is C29H39N5O4. The maximum absolute atomic E-state index is 13.9. The highest BCUT2D eigenvalue weighted by atomic mass is 16.6. The summed E-state index contributed by atoms with van der Waals surface area (Å²) >= 11 is 0. The molecule has 1 fully saturated rings. The third-order valence-electron chi connectivity index (χ3n) is 8.13. The van der Waals surface area contributed by atoms with Crippen LogP contribution < -0.4 is 4.74 Å². The molecule has 2 aromatic rings. The average Bonchev–Trinajstić information content (AvgIpc) is 3.39. The Balaban J connectivity index is 0.00000533. The van der Waals surface area contributed by atoms with Crippen molar-refractivity contribution in [3.05, 3.63) is 48.1 Å². The average molecular weight is 522 g/mol. The third kappa shape index (κ3) is 4.69. The van der Waals surface area contributed by atoms with Crippen molar-refractivity contribution >= 4 is 23.4 Å². The Labute approximate surface area is 226 Å². The summed E-state index contributed by atoms with van der Waals surface area (Å²) in [5.74, 6) is 1.67. The number of rotatable bonds is 8. The first-order valence-electron chi connectivity index (χ1n) is 12.7. The fourth-order valence-corrected chi connectivity index (χ4v) is 5.21. The molecule has 2 heterocycles. The van der Waals surface area contributed by atoms with Crippen molar-refractivity contribution in [3.63, 3.8) is 0 Å². The van der Waals surface area contributed by atoms with Crippen LogP contribution in [0.1, 0.15) is 84.3 Å². The topological polar surface area (TPSA) is 93.3 Å². The van der Waals surface area contributed by atoms with Gasteiger partial charge in [-0.3, -0.25) is 5.10 Å². The molecule has 1 N–H and O–H groups in total. The van der Waals surface area contributed by atoms with Crippen LogP contribution in [0.3, 0.4) is 0 Å². The van der Waals surface area contributed by atoms with E-state index in [1.807, 2.05) is 6.92 Å². The molecule has 2 aromatic heterocycles. The van der Waals surface area contributed by atoms with E-state index in [1.54, 1.807) is 19.1 Å². The van der Waals surface area contributed by atoms with E-state index in [0.29, 0.717) is 5.82 Å². The number of fused-ring (bicyclic) bond motifs is 1. The van der Waals surface area contributed by atoms with Crippen molar-refractivity contribution in [1.82, 2.24) is 19.5 Å². The zero-order valence-corrected chi connectivity index (χ0v) is 23.2. The molecule has 1 aliphatic carbocycles. The Morgan fingerprint density at radius 2 is 1.84 bits per heavy atom. The maximum Gasteiger partial charge on any atom is 0.416 e. The first-order chi connectivity index (χ1) is 17.8. The number of aromatic nitrogens is 3. The summed E-state index contributed by atoms with van der Waals surface area (Å²) in [5.41, 5.74) is -1.62. The molecule has 1 atom stereocenters. The third-order valence-corrected chi connectivity index (χ3v) is 8.13. The molecule has 0 radical (unpaired) electrons. The van der Waals surface area contributed by atoms with Crippen molar-refractivity contribution in [2.45, 2.75) is 72.3 Å². The number of nitrogens with one attached hydrogen (secondary N) is 1. The van der Waals surface area contributed by atoms with Crippen LogP contribution >= 0.6 is 0 Å². The van der Waals surface area contributed by atoms with E-state index >= 15 is 0 Å².